The van der Waals surface area contributed by atoms with Crippen molar-refractivity contribution in [3.05, 3.63) is 0 Å². The molecule has 2 N–H and O–H groups in total. The molecule has 0 aromatic rings. The summed E-state index contributed by atoms with van der Waals surface area (Å²) in [6.45, 7) is 11.6. The Kier molecular flexibility index (Phi) is 6.76. The smallest absolute Gasteiger partial charge is 0.223 e. The molecule has 3 heteroatoms. The second-order valence-electron chi connectivity index (χ2n) is 6.52. The van der Waals surface area contributed by atoms with Crippen LogP contribution in [0.25, 0.3) is 0 Å². The lowest BCUT2D eigenvalue weighted by molar-refractivity contribution is -0.130. The standard InChI is InChI=1S/C14H30N2O/c1-7-11(2)10-16(6)13(17)8-12(15)9-14(3,4)5/h11-12H,7-10,15H2,1-6H3. The van der Waals surface area contributed by atoms with E-state index >= 15 is 0 Å². The van der Waals surface area contributed by atoms with Crippen LogP contribution in [0.3, 0.4) is 0 Å². The number of nitrogens with zero attached hydrogens (tertiary/aromatic N) is 1. The van der Waals surface area contributed by atoms with E-state index in [1.807, 2.05) is 11.9 Å². The number of carbonyl (C=O) groups is 1. The molecule has 0 aliphatic rings. The van der Waals surface area contributed by atoms with Crippen LogP contribution in [0.1, 0.15) is 53.9 Å². The zero-order valence-corrected chi connectivity index (χ0v) is 12.4. The van der Waals surface area contributed by atoms with Gasteiger partial charge in [-0.05, 0) is 17.8 Å². The Morgan fingerprint density at radius 2 is 1.88 bits per heavy atom. The van der Waals surface area contributed by atoms with Crippen molar-refractivity contribution in [1.82, 2.24) is 4.90 Å². The highest BCUT2D eigenvalue weighted by molar-refractivity contribution is 5.76. The first-order chi connectivity index (χ1) is 7.65. The quantitative estimate of drug-likeness (QED) is 0.778. The molecule has 0 saturated heterocycles. The molecule has 0 radical (unpaired) electrons. The molecule has 2 atom stereocenters. The van der Waals surface area contributed by atoms with Crippen LogP contribution in [-0.4, -0.2) is 30.4 Å². The fourth-order valence-electron chi connectivity index (χ4n) is 1.94. The van der Waals surface area contributed by atoms with E-state index in [1.54, 1.807) is 0 Å². The van der Waals surface area contributed by atoms with E-state index in [0.29, 0.717) is 12.3 Å². The molecule has 3 nitrogen and oxygen atoms in total. The third-order valence-corrected chi connectivity index (χ3v) is 3.02. The molecule has 0 bridgehead atoms. The van der Waals surface area contributed by atoms with Crippen molar-refractivity contribution < 1.29 is 4.79 Å². The summed E-state index contributed by atoms with van der Waals surface area (Å²) in [4.78, 5) is 13.8. The highest BCUT2D eigenvalue weighted by Gasteiger charge is 2.20. The molecule has 17 heavy (non-hydrogen) atoms. The zero-order valence-electron chi connectivity index (χ0n) is 12.4. The van der Waals surface area contributed by atoms with Gasteiger partial charge in [-0.2, -0.15) is 0 Å². The molecule has 0 rings (SSSR count). The Hall–Kier alpha value is -0.570. The van der Waals surface area contributed by atoms with E-state index in [0.717, 1.165) is 19.4 Å². The van der Waals surface area contributed by atoms with Gasteiger partial charge in [0.15, 0.2) is 0 Å². The van der Waals surface area contributed by atoms with Crippen molar-refractivity contribution >= 4 is 5.91 Å². The summed E-state index contributed by atoms with van der Waals surface area (Å²) in [6, 6.07) is -0.0260. The number of nitrogens with two attached hydrogens (primary N) is 1. The summed E-state index contributed by atoms with van der Waals surface area (Å²) >= 11 is 0. The Morgan fingerprint density at radius 3 is 2.29 bits per heavy atom. The Morgan fingerprint density at radius 1 is 1.35 bits per heavy atom. The van der Waals surface area contributed by atoms with Gasteiger partial charge in [-0.3, -0.25) is 4.79 Å². The SMILES string of the molecule is CCC(C)CN(C)C(=O)CC(N)CC(C)(C)C. The molecule has 0 aliphatic carbocycles. The second-order valence-corrected chi connectivity index (χ2v) is 6.52. The maximum absolute atomic E-state index is 11.9. The van der Waals surface area contributed by atoms with Gasteiger partial charge in [0.25, 0.3) is 0 Å². The lowest BCUT2D eigenvalue weighted by atomic mass is 9.87. The van der Waals surface area contributed by atoms with Gasteiger partial charge in [-0.25, -0.2) is 0 Å². The van der Waals surface area contributed by atoms with Crippen LogP contribution < -0.4 is 5.73 Å². The third kappa shape index (κ3) is 8.19. The molecule has 0 spiro atoms. The first-order valence-electron chi connectivity index (χ1n) is 6.65. The van der Waals surface area contributed by atoms with Crippen LogP contribution in [0.2, 0.25) is 0 Å². The summed E-state index contributed by atoms with van der Waals surface area (Å²) in [6.07, 6.45) is 2.45. The molecule has 0 fully saturated rings. The topological polar surface area (TPSA) is 46.3 Å². The summed E-state index contributed by atoms with van der Waals surface area (Å²) in [5.41, 5.74) is 6.20. The molecule has 0 heterocycles. The van der Waals surface area contributed by atoms with Gasteiger partial charge in [-0.1, -0.05) is 41.0 Å². The summed E-state index contributed by atoms with van der Waals surface area (Å²) in [5.74, 6) is 0.727. The maximum atomic E-state index is 11.9. The van der Waals surface area contributed by atoms with Crippen molar-refractivity contribution in [2.24, 2.45) is 17.1 Å². The van der Waals surface area contributed by atoms with Gasteiger partial charge in [0.1, 0.15) is 0 Å². The van der Waals surface area contributed by atoms with Gasteiger partial charge in [0, 0.05) is 26.1 Å². The van der Waals surface area contributed by atoms with Gasteiger partial charge >= 0.3 is 0 Å². The first-order valence-corrected chi connectivity index (χ1v) is 6.65. The lowest BCUT2D eigenvalue weighted by Gasteiger charge is -2.26. The van der Waals surface area contributed by atoms with E-state index < -0.39 is 0 Å². The molecular formula is C14H30N2O. The van der Waals surface area contributed by atoms with Crippen LogP contribution in [0.4, 0.5) is 0 Å². The summed E-state index contributed by atoms with van der Waals surface area (Å²) in [7, 11) is 1.87. The van der Waals surface area contributed by atoms with E-state index in [2.05, 4.69) is 34.6 Å². The average molecular weight is 242 g/mol. The largest absolute Gasteiger partial charge is 0.345 e. The number of hydrogen-bond donors (Lipinski definition) is 1. The molecular weight excluding hydrogens is 212 g/mol. The number of rotatable bonds is 6. The van der Waals surface area contributed by atoms with Gasteiger partial charge in [0.2, 0.25) is 5.91 Å². The highest BCUT2D eigenvalue weighted by atomic mass is 16.2. The van der Waals surface area contributed by atoms with Crippen molar-refractivity contribution in [2.45, 2.75) is 59.9 Å². The first kappa shape index (κ1) is 16.4. The van der Waals surface area contributed by atoms with Crippen molar-refractivity contribution in [3.8, 4) is 0 Å². The molecule has 2 unspecified atom stereocenters. The Balaban J connectivity index is 4.07. The maximum Gasteiger partial charge on any atom is 0.223 e. The Labute approximate surface area is 107 Å². The lowest BCUT2D eigenvalue weighted by Crippen LogP contribution is -2.37. The minimum Gasteiger partial charge on any atom is -0.345 e. The normalized spacial score (nSPS) is 15.5. The van der Waals surface area contributed by atoms with Crippen LogP contribution >= 0.6 is 0 Å². The number of carbonyl (C=O) groups excluding carboxylic acids is 1. The van der Waals surface area contributed by atoms with Crippen molar-refractivity contribution in [1.29, 1.82) is 0 Å². The minimum absolute atomic E-state index is 0.0260. The second kappa shape index (κ2) is 7.00. The molecule has 1 amide bonds. The van der Waals surface area contributed by atoms with E-state index in [4.69, 9.17) is 5.73 Å². The highest BCUT2D eigenvalue weighted by Crippen LogP contribution is 2.21. The van der Waals surface area contributed by atoms with Gasteiger partial charge < -0.3 is 10.6 Å². The fourth-order valence-corrected chi connectivity index (χ4v) is 1.94. The monoisotopic (exact) mass is 242 g/mol. The third-order valence-electron chi connectivity index (χ3n) is 3.02. The number of amides is 1. The Bertz CT molecular complexity index is 233. The van der Waals surface area contributed by atoms with E-state index in [1.165, 1.54) is 0 Å². The summed E-state index contributed by atoms with van der Waals surface area (Å²) in [5, 5.41) is 0. The van der Waals surface area contributed by atoms with Crippen molar-refractivity contribution in [3.63, 3.8) is 0 Å². The molecule has 0 aromatic carbocycles. The predicted molar refractivity (Wildman–Crippen MR) is 73.8 cm³/mol. The van der Waals surface area contributed by atoms with Gasteiger partial charge in [0.05, 0.1) is 0 Å². The van der Waals surface area contributed by atoms with Gasteiger partial charge in [-0.15, -0.1) is 0 Å². The van der Waals surface area contributed by atoms with Crippen LogP contribution in [0.5, 0.6) is 0 Å². The molecule has 0 saturated carbocycles. The van der Waals surface area contributed by atoms with Crippen LogP contribution in [-0.2, 0) is 4.79 Å². The molecule has 0 aliphatic heterocycles. The predicted octanol–water partition coefficient (Wildman–Crippen LogP) is 2.64. The van der Waals surface area contributed by atoms with Crippen LogP contribution in [0.15, 0.2) is 0 Å². The molecule has 102 valence electrons. The zero-order chi connectivity index (χ0) is 13.6. The average Bonchev–Trinajstić information content (AvgIpc) is 2.14. The van der Waals surface area contributed by atoms with E-state index in [9.17, 15) is 4.79 Å². The van der Waals surface area contributed by atoms with Crippen molar-refractivity contribution in [2.75, 3.05) is 13.6 Å². The number of hydrogen-bond acceptors (Lipinski definition) is 2. The summed E-state index contributed by atoms with van der Waals surface area (Å²) < 4.78 is 0. The van der Waals surface area contributed by atoms with E-state index in [-0.39, 0.29) is 17.4 Å². The molecule has 0 aromatic heterocycles. The fraction of sp³-hybridized carbons (Fsp3) is 0.929. The minimum atomic E-state index is -0.0260. The van der Waals surface area contributed by atoms with Crippen LogP contribution in [0, 0.1) is 11.3 Å².